The van der Waals surface area contributed by atoms with Crippen molar-refractivity contribution in [2.45, 2.75) is 6.42 Å². The van der Waals surface area contributed by atoms with Crippen LogP contribution < -0.4 is 10.8 Å². The van der Waals surface area contributed by atoms with E-state index in [1.54, 1.807) is 18.2 Å². The number of hydrogen-bond donors (Lipinski definition) is 1. The largest absolute Gasteiger partial charge is 0.444 e. The van der Waals surface area contributed by atoms with Crippen molar-refractivity contribution in [2.24, 2.45) is 0 Å². The molecule has 0 aromatic heterocycles. The van der Waals surface area contributed by atoms with Gasteiger partial charge in [0.25, 0.3) is 0 Å². The highest BCUT2D eigenvalue weighted by atomic mass is 16.9. The van der Waals surface area contributed by atoms with Crippen molar-refractivity contribution < 1.29 is 19.3 Å². The maximum absolute atomic E-state index is 11.0. The molecular weight excluding hydrogens is 224 g/mol. The number of rotatable bonds is 3. The van der Waals surface area contributed by atoms with Crippen LogP contribution in [0.25, 0.3) is 0 Å². The van der Waals surface area contributed by atoms with Gasteiger partial charge in [-0.15, -0.1) is 11.8 Å². The lowest BCUT2D eigenvalue weighted by Crippen LogP contribution is -2.49. The molecule has 0 spiro atoms. The van der Waals surface area contributed by atoms with E-state index in [-0.39, 0.29) is 0 Å². The number of benzene rings is 1. The van der Waals surface area contributed by atoms with Crippen LogP contribution in [-0.2, 0) is 25.7 Å². The number of carbonyl (C=O) groups is 2. The highest BCUT2D eigenvalue weighted by molar-refractivity contribution is 6.30. The molecule has 0 amide bonds. The summed E-state index contributed by atoms with van der Waals surface area (Å²) in [4.78, 5) is 30.7. The zero-order valence-electron chi connectivity index (χ0n) is 8.88. The lowest BCUT2D eigenvalue weighted by molar-refractivity contribution is -0.192. The molecule has 1 heterocycles. The second kappa shape index (κ2) is 4.67. The normalized spacial score (nSPS) is 15.2. The van der Waals surface area contributed by atoms with Gasteiger partial charge >= 0.3 is 11.9 Å². The van der Waals surface area contributed by atoms with Crippen molar-refractivity contribution in [2.75, 3.05) is 5.17 Å². The van der Waals surface area contributed by atoms with Crippen molar-refractivity contribution in [3.8, 4) is 0 Å². The summed E-state index contributed by atoms with van der Waals surface area (Å²) in [7, 11) is 0. The second-order valence-corrected chi connectivity index (χ2v) is 3.31. The third-order valence-corrected chi connectivity index (χ3v) is 2.11. The predicted octanol–water partition coefficient (Wildman–Crippen LogP) is 0.656. The van der Waals surface area contributed by atoms with Gasteiger partial charge in [0.2, 0.25) is 0 Å². The summed E-state index contributed by atoms with van der Waals surface area (Å²) in [5, 5.41) is 0.974. The molecule has 1 aliphatic heterocycles. The van der Waals surface area contributed by atoms with Gasteiger partial charge in [0.1, 0.15) is 0 Å². The molecule has 1 aromatic rings. The van der Waals surface area contributed by atoms with Crippen LogP contribution in [0.3, 0.4) is 0 Å². The predicted molar refractivity (Wildman–Crippen MR) is 58.1 cm³/mol. The van der Waals surface area contributed by atoms with Gasteiger partial charge in [0, 0.05) is 0 Å². The highest BCUT2D eigenvalue weighted by Crippen LogP contribution is 2.16. The topological polar surface area (TPSA) is 67.9 Å². The van der Waals surface area contributed by atoms with Gasteiger partial charge in [-0.1, -0.05) is 18.2 Å². The Morgan fingerprint density at radius 1 is 1.24 bits per heavy atom. The van der Waals surface area contributed by atoms with Crippen molar-refractivity contribution >= 4 is 17.6 Å². The zero-order chi connectivity index (χ0) is 12.3. The van der Waals surface area contributed by atoms with Gasteiger partial charge < -0.3 is 9.68 Å². The Morgan fingerprint density at radius 2 is 1.94 bits per heavy atom. The van der Waals surface area contributed by atoms with Crippen LogP contribution in [0.5, 0.6) is 0 Å². The fourth-order valence-corrected chi connectivity index (χ4v) is 1.30. The Labute approximate surface area is 97.3 Å². The minimum atomic E-state index is -1.08. The lowest BCUT2D eigenvalue weighted by Gasteiger charge is -2.25. The number of anilines is 1. The van der Waals surface area contributed by atoms with Crippen molar-refractivity contribution in [1.82, 2.24) is 5.59 Å². The average Bonchev–Trinajstić information content (AvgIpc) is 2.34. The first-order valence-electron chi connectivity index (χ1n) is 4.89. The SMILES string of the molecule is C=CCc1ccc(N2NOC(=O)C(=O)O2)cc1. The molecule has 6 nitrogen and oxygen atoms in total. The van der Waals surface area contributed by atoms with Gasteiger partial charge in [-0.05, 0) is 29.7 Å². The summed E-state index contributed by atoms with van der Waals surface area (Å²) in [5.74, 6) is -2.15. The Balaban J connectivity index is 2.09. The van der Waals surface area contributed by atoms with Gasteiger partial charge in [-0.2, -0.15) is 0 Å². The van der Waals surface area contributed by atoms with Crippen LogP contribution in [0.15, 0.2) is 36.9 Å². The third kappa shape index (κ3) is 2.43. The van der Waals surface area contributed by atoms with Crippen molar-refractivity contribution in [3.05, 3.63) is 42.5 Å². The molecular formula is C11H10N2O4. The van der Waals surface area contributed by atoms with Gasteiger partial charge in [-0.3, -0.25) is 0 Å². The highest BCUT2D eigenvalue weighted by Gasteiger charge is 2.29. The summed E-state index contributed by atoms with van der Waals surface area (Å²) in [6, 6.07) is 7.14. The van der Waals surface area contributed by atoms with Gasteiger partial charge in [-0.25, -0.2) is 9.59 Å². The average molecular weight is 234 g/mol. The Hall–Kier alpha value is -2.34. The van der Waals surface area contributed by atoms with E-state index in [1.165, 1.54) is 0 Å². The quantitative estimate of drug-likeness (QED) is 0.612. The fraction of sp³-hybridized carbons (Fsp3) is 0.0909. The summed E-state index contributed by atoms with van der Waals surface area (Å²) in [6.45, 7) is 3.64. The number of nitrogens with one attached hydrogen (secondary N) is 1. The molecule has 1 fully saturated rings. The second-order valence-electron chi connectivity index (χ2n) is 3.31. The molecule has 88 valence electrons. The summed E-state index contributed by atoms with van der Waals surface area (Å²) in [5.41, 5.74) is 3.80. The first-order valence-corrected chi connectivity index (χ1v) is 4.89. The Morgan fingerprint density at radius 3 is 2.53 bits per heavy atom. The van der Waals surface area contributed by atoms with Crippen LogP contribution in [0.4, 0.5) is 5.69 Å². The van der Waals surface area contributed by atoms with E-state index in [1.807, 2.05) is 12.1 Å². The van der Waals surface area contributed by atoms with Crippen LogP contribution in [-0.4, -0.2) is 11.9 Å². The van der Waals surface area contributed by atoms with Gasteiger partial charge in [0.15, 0.2) is 0 Å². The van der Waals surface area contributed by atoms with E-state index in [2.05, 4.69) is 21.8 Å². The molecule has 1 aromatic carbocycles. The monoisotopic (exact) mass is 234 g/mol. The summed E-state index contributed by atoms with van der Waals surface area (Å²) >= 11 is 0. The molecule has 17 heavy (non-hydrogen) atoms. The molecule has 1 aliphatic rings. The van der Waals surface area contributed by atoms with Crippen LogP contribution in [0.1, 0.15) is 5.56 Å². The molecule has 0 unspecified atom stereocenters. The Kier molecular flexibility index (Phi) is 3.06. The maximum atomic E-state index is 11.0. The molecule has 0 bridgehead atoms. The number of carbonyl (C=O) groups excluding carboxylic acids is 2. The first kappa shape index (κ1) is 11.2. The third-order valence-electron chi connectivity index (χ3n) is 2.11. The van der Waals surface area contributed by atoms with Crippen molar-refractivity contribution in [1.29, 1.82) is 0 Å². The molecule has 1 N–H and O–H groups in total. The maximum Gasteiger partial charge on any atom is 0.444 e. The van der Waals surface area contributed by atoms with E-state index in [4.69, 9.17) is 0 Å². The van der Waals surface area contributed by atoms with Crippen LogP contribution in [0, 0.1) is 0 Å². The summed E-state index contributed by atoms with van der Waals surface area (Å²) < 4.78 is 0. The minimum absolute atomic E-state index is 0.540. The van der Waals surface area contributed by atoms with Crippen LogP contribution in [0.2, 0.25) is 0 Å². The molecule has 0 saturated carbocycles. The standard InChI is InChI=1S/C11H10N2O4/c1-2-3-8-4-6-9(7-5-8)13-12-16-10(14)11(15)17-13/h2,4-7,12H,1,3H2. The van der Waals surface area contributed by atoms with Gasteiger partial charge in [0.05, 0.1) is 5.69 Å². The molecule has 6 heteroatoms. The lowest BCUT2D eigenvalue weighted by atomic mass is 10.1. The van der Waals surface area contributed by atoms with E-state index < -0.39 is 11.9 Å². The van der Waals surface area contributed by atoms with E-state index in [0.717, 1.165) is 17.2 Å². The number of allylic oxidation sites excluding steroid dienone is 1. The Bertz CT molecular complexity index is 455. The summed E-state index contributed by atoms with van der Waals surface area (Å²) in [6.07, 6.45) is 2.54. The van der Waals surface area contributed by atoms with Crippen LogP contribution >= 0.6 is 0 Å². The fourth-order valence-electron chi connectivity index (χ4n) is 1.30. The van der Waals surface area contributed by atoms with E-state index in [0.29, 0.717) is 5.69 Å². The molecule has 0 atom stereocenters. The first-order chi connectivity index (χ1) is 8.20. The number of hydrazine groups is 1. The number of hydrogen-bond acceptors (Lipinski definition) is 6. The smallest absolute Gasteiger partial charge is 0.338 e. The molecule has 2 rings (SSSR count). The molecule has 1 saturated heterocycles. The number of nitrogens with zero attached hydrogens (tertiary/aromatic N) is 1. The zero-order valence-corrected chi connectivity index (χ0v) is 8.88. The molecule has 0 radical (unpaired) electrons. The van der Waals surface area contributed by atoms with Crippen molar-refractivity contribution in [3.63, 3.8) is 0 Å². The van der Waals surface area contributed by atoms with E-state index in [9.17, 15) is 9.59 Å². The van der Waals surface area contributed by atoms with E-state index >= 15 is 0 Å². The minimum Gasteiger partial charge on any atom is -0.338 e. The molecule has 0 aliphatic carbocycles.